The molecule has 0 bridgehead atoms. The molecule has 1 radical (unpaired) electrons. The Kier molecular flexibility index (Phi) is 2.70. The van der Waals surface area contributed by atoms with Crippen molar-refractivity contribution < 1.29 is 0 Å². The Morgan fingerprint density at radius 3 is 1.50 bits per heavy atom. The Morgan fingerprint density at radius 2 is 1.50 bits per heavy atom. The van der Waals surface area contributed by atoms with E-state index in [1.54, 1.807) is 0 Å². The first kappa shape index (κ1) is 8.18. The van der Waals surface area contributed by atoms with Crippen LogP contribution in [-0.2, 0) is 0 Å². The van der Waals surface area contributed by atoms with Crippen molar-refractivity contribution in [3.63, 3.8) is 0 Å². The molecule has 0 saturated heterocycles. The van der Waals surface area contributed by atoms with Crippen molar-refractivity contribution in [3.8, 4) is 0 Å². The molecule has 0 aliphatic rings. The lowest BCUT2D eigenvalue weighted by atomic mass is 10.1. The van der Waals surface area contributed by atoms with Crippen molar-refractivity contribution in [1.82, 2.24) is 4.98 Å². The zero-order valence-corrected chi connectivity index (χ0v) is 7.68. The van der Waals surface area contributed by atoms with Gasteiger partial charge in [0, 0.05) is 5.54 Å². The quantitative estimate of drug-likeness (QED) is 0.476. The first-order valence-corrected chi connectivity index (χ1v) is 5.96. The minimum absolute atomic E-state index is 0.209. The summed E-state index contributed by atoms with van der Waals surface area (Å²) < 4.78 is 0. The van der Waals surface area contributed by atoms with Crippen LogP contribution in [0.3, 0.4) is 0 Å². The summed E-state index contributed by atoms with van der Waals surface area (Å²) >= 11 is 0. The lowest BCUT2D eigenvalue weighted by molar-refractivity contribution is 0.511. The minimum Gasteiger partial charge on any atom is -0.268 e. The topological polar surface area (TPSA) is 14.1 Å². The minimum atomic E-state index is -0.671. The van der Waals surface area contributed by atoms with E-state index in [1.165, 1.54) is 0 Å². The van der Waals surface area contributed by atoms with E-state index in [2.05, 4.69) is 38.8 Å². The van der Waals surface area contributed by atoms with E-state index >= 15 is 0 Å². The standard InChI is InChI=1S/C6H16NSi/c1-6(2,3)7-8(4)5/h8H,1-5H3. The molecular weight excluding hydrogens is 114 g/mol. The Bertz CT molecular complexity index is 63.4. The molecule has 0 aromatic heterocycles. The SMILES string of the molecule is C[SiH](C)[N]C(C)(C)C. The van der Waals surface area contributed by atoms with Crippen LogP contribution < -0.4 is 4.98 Å². The molecule has 0 saturated carbocycles. The second kappa shape index (κ2) is 2.64. The van der Waals surface area contributed by atoms with E-state index in [-0.39, 0.29) is 5.54 Å². The molecule has 0 heterocycles. The lowest BCUT2D eigenvalue weighted by Gasteiger charge is -2.20. The first-order valence-electron chi connectivity index (χ1n) is 3.14. The zero-order chi connectivity index (χ0) is 6.78. The van der Waals surface area contributed by atoms with Crippen LogP contribution in [0, 0.1) is 0 Å². The summed E-state index contributed by atoms with van der Waals surface area (Å²) in [6.07, 6.45) is 0. The molecule has 0 aliphatic carbocycles. The molecule has 49 valence electrons. The van der Waals surface area contributed by atoms with Crippen LogP contribution in [0.25, 0.3) is 0 Å². The van der Waals surface area contributed by atoms with Gasteiger partial charge in [-0.3, -0.25) is 4.98 Å². The van der Waals surface area contributed by atoms with Crippen LogP contribution >= 0.6 is 0 Å². The van der Waals surface area contributed by atoms with E-state index in [4.69, 9.17) is 0 Å². The molecule has 0 fully saturated rings. The third-order valence-corrected chi connectivity index (χ3v) is 1.94. The molecule has 0 aromatic carbocycles. The second-order valence-electron chi connectivity index (χ2n) is 3.39. The van der Waals surface area contributed by atoms with Gasteiger partial charge in [0.15, 0.2) is 0 Å². The van der Waals surface area contributed by atoms with E-state index in [0.717, 1.165) is 0 Å². The Morgan fingerprint density at radius 1 is 1.12 bits per heavy atom. The van der Waals surface area contributed by atoms with Gasteiger partial charge in [-0.05, 0) is 20.8 Å². The maximum Gasteiger partial charge on any atom is 0.124 e. The van der Waals surface area contributed by atoms with E-state index < -0.39 is 8.96 Å². The van der Waals surface area contributed by atoms with Crippen molar-refractivity contribution in [3.05, 3.63) is 0 Å². The van der Waals surface area contributed by atoms with Crippen molar-refractivity contribution in [2.24, 2.45) is 0 Å². The fraction of sp³-hybridized carbons (Fsp3) is 1.00. The van der Waals surface area contributed by atoms with Gasteiger partial charge in [0.25, 0.3) is 0 Å². The molecule has 0 aromatic rings. The normalized spacial score (nSPS) is 12.8. The van der Waals surface area contributed by atoms with E-state index in [0.29, 0.717) is 0 Å². The molecule has 1 nitrogen and oxygen atoms in total. The van der Waals surface area contributed by atoms with Crippen LogP contribution in [0.15, 0.2) is 0 Å². The molecule has 0 rings (SSSR count). The maximum atomic E-state index is 4.55. The predicted molar refractivity (Wildman–Crippen MR) is 40.8 cm³/mol. The van der Waals surface area contributed by atoms with Gasteiger partial charge in [0.1, 0.15) is 8.96 Å². The van der Waals surface area contributed by atoms with Crippen LogP contribution in [0.4, 0.5) is 0 Å². The first-order chi connectivity index (χ1) is 3.42. The highest BCUT2D eigenvalue weighted by Crippen LogP contribution is 2.01. The van der Waals surface area contributed by atoms with Gasteiger partial charge >= 0.3 is 0 Å². The molecule has 0 N–H and O–H groups in total. The summed E-state index contributed by atoms with van der Waals surface area (Å²) in [5, 5.41) is 0. The van der Waals surface area contributed by atoms with Gasteiger partial charge in [-0.15, -0.1) is 0 Å². The van der Waals surface area contributed by atoms with Crippen molar-refractivity contribution in [2.75, 3.05) is 0 Å². The van der Waals surface area contributed by atoms with Crippen molar-refractivity contribution in [2.45, 2.75) is 39.4 Å². The van der Waals surface area contributed by atoms with E-state index in [1.807, 2.05) is 0 Å². The van der Waals surface area contributed by atoms with E-state index in [9.17, 15) is 0 Å². The highest BCUT2D eigenvalue weighted by atomic mass is 28.3. The van der Waals surface area contributed by atoms with Crippen molar-refractivity contribution >= 4 is 8.96 Å². The monoisotopic (exact) mass is 130 g/mol. The third-order valence-electron chi connectivity index (χ3n) is 0.645. The van der Waals surface area contributed by atoms with Gasteiger partial charge in [0.2, 0.25) is 0 Å². The summed E-state index contributed by atoms with van der Waals surface area (Å²) in [6.45, 7) is 10.9. The molecular formula is C6H16NSi. The fourth-order valence-corrected chi connectivity index (χ4v) is 2.32. The summed E-state index contributed by atoms with van der Waals surface area (Å²) in [5.74, 6) is 0. The maximum absolute atomic E-state index is 4.55. The number of rotatable bonds is 1. The average Bonchev–Trinajstić information content (AvgIpc) is 1.21. The number of hydrogen-bond acceptors (Lipinski definition) is 0. The van der Waals surface area contributed by atoms with Crippen LogP contribution in [0.2, 0.25) is 13.1 Å². The summed E-state index contributed by atoms with van der Waals surface area (Å²) in [7, 11) is -0.671. The molecule has 2 heteroatoms. The highest BCUT2D eigenvalue weighted by Gasteiger charge is 2.11. The highest BCUT2D eigenvalue weighted by molar-refractivity contribution is 6.52. The predicted octanol–water partition coefficient (Wildman–Crippen LogP) is 1.37. The Hall–Kier alpha value is 0.177. The van der Waals surface area contributed by atoms with Gasteiger partial charge < -0.3 is 0 Å². The van der Waals surface area contributed by atoms with Crippen molar-refractivity contribution in [1.29, 1.82) is 0 Å². The van der Waals surface area contributed by atoms with Crippen LogP contribution in [-0.4, -0.2) is 14.5 Å². The average molecular weight is 130 g/mol. The Labute approximate surface area is 54.2 Å². The molecule has 8 heavy (non-hydrogen) atoms. The molecule has 0 unspecified atom stereocenters. The third kappa shape index (κ3) is 6.18. The Balaban J connectivity index is 3.39. The van der Waals surface area contributed by atoms with Gasteiger partial charge in [-0.1, -0.05) is 13.1 Å². The summed E-state index contributed by atoms with van der Waals surface area (Å²) in [5.41, 5.74) is 0.209. The van der Waals surface area contributed by atoms with Gasteiger partial charge in [-0.2, -0.15) is 0 Å². The largest absolute Gasteiger partial charge is 0.268 e. The van der Waals surface area contributed by atoms with Gasteiger partial charge in [-0.25, -0.2) is 0 Å². The van der Waals surface area contributed by atoms with Crippen LogP contribution in [0.5, 0.6) is 0 Å². The lowest BCUT2D eigenvalue weighted by Crippen LogP contribution is -2.36. The summed E-state index contributed by atoms with van der Waals surface area (Å²) in [4.78, 5) is 4.55. The molecule has 0 amide bonds. The molecule has 0 atom stereocenters. The number of nitrogens with zero attached hydrogens (tertiary/aromatic N) is 1. The summed E-state index contributed by atoms with van der Waals surface area (Å²) in [6, 6.07) is 0. The second-order valence-corrected chi connectivity index (χ2v) is 5.84. The smallest absolute Gasteiger partial charge is 0.124 e. The zero-order valence-electron chi connectivity index (χ0n) is 6.52. The molecule has 0 aliphatic heterocycles. The fourth-order valence-electron chi connectivity index (χ4n) is 0.775. The van der Waals surface area contributed by atoms with Crippen LogP contribution in [0.1, 0.15) is 20.8 Å². The number of hydrogen-bond donors (Lipinski definition) is 0. The van der Waals surface area contributed by atoms with Gasteiger partial charge in [0.05, 0.1) is 0 Å². The molecule has 0 spiro atoms.